The molecule has 1 aliphatic carbocycles. The quantitative estimate of drug-likeness (QED) is 0.874. The Morgan fingerprint density at radius 1 is 1.11 bits per heavy atom. The van der Waals surface area contributed by atoms with Crippen LogP contribution < -0.4 is 5.73 Å². The van der Waals surface area contributed by atoms with Crippen molar-refractivity contribution >= 4 is 0 Å². The van der Waals surface area contributed by atoms with Crippen molar-refractivity contribution in [2.75, 3.05) is 0 Å². The minimum atomic E-state index is -0.519. The van der Waals surface area contributed by atoms with Crippen molar-refractivity contribution < 1.29 is 8.78 Å². The fraction of sp³-hybridized carbons (Fsp3) is 0.600. The van der Waals surface area contributed by atoms with Crippen LogP contribution in [-0.4, -0.2) is 6.04 Å². The van der Waals surface area contributed by atoms with Gasteiger partial charge in [-0.05, 0) is 48.8 Å². The van der Waals surface area contributed by atoms with E-state index >= 15 is 0 Å². The van der Waals surface area contributed by atoms with E-state index in [1.54, 1.807) is 0 Å². The third-order valence-electron chi connectivity index (χ3n) is 4.06. The second kappa shape index (κ2) is 5.79. The zero-order valence-corrected chi connectivity index (χ0v) is 10.8. The smallest absolute Gasteiger partial charge is 0.126 e. The van der Waals surface area contributed by atoms with Gasteiger partial charge in [-0.15, -0.1) is 0 Å². The van der Waals surface area contributed by atoms with Gasteiger partial charge in [-0.25, -0.2) is 8.78 Å². The fourth-order valence-electron chi connectivity index (χ4n) is 2.88. The van der Waals surface area contributed by atoms with Gasteiger partial charge in [-0.2, -0.15) is 0 Å². The highest BCUT2D eigenvalue weighted by molar-refractivity contribution is 5.19. The minimum Gasteiger partial charge on any atom is -0.327 e. The van der Waals surface area contributed by atoms with Gasteiger partial charge >= 0.3 is 0 Å². The SMILES string of the molecule is CC1CCC(C(N)Cc2cc(F)cc(F)c2)CC1. The largest absolute Gasteiger partial charge is 0.327 e. The monoisotopic (exact) mass is 253 g/mol. The van der Waals surface area contributed by atoms with Gasteiger partial charge in [0.1, 0.15) is 11.6 Å². The van der Waals surface area contributed by atoms with E-state index in [0.29, 0.717) is 17.9 Å². The zero-order valence-electron chi connectivity index (χ0n) is 10.8. The molecule has 0 radical (unpaired) electrons. The van der Waals surface area contributed by atoms with E-state index < -0.39 is 11.6 Å². The number of nitrogens with two attached hydrogens (primary N) is 1. The van der Waals surface area contributed by atoms with Gasteiger partial charge in [-0.3, -0.25) is 0 Å². The molecule has 1 aromatic rings. The summed E-state index contributed by atoms with van der Waals surface area (Å²) >= 11 is 0. The molecule has 1 nitrogen and oxygen atoms in total. The molecule has 2 N–H and O–H groups in total. The van der Waals surface area contributed by atoms with Crippen LogP contribution in [0.3, 0.4) is 0 Å². The van der Waals surface area contributed by atoms with Crippen LogP contribution in [-0.2, 0) is 6.42 Å². The van der Waals surface area contributed by atoms with Gasteiger partial charge in [0.25, 0.3) is 0 Å². The first-order valence-corrected chi connectivity index (χ1v) is 6.75. The maximum absolute atomic E-state index is 13.1. The molecule has 100 valence electrons. The van der Waals surface area contributed by atoms with E-state index in [-0.39, 0.29) is 6.04 Å². The Morgan fingerprint density at radius 2 is 1.67 bits per heavy atom. The summed E-state index contributed by atoms with van der Waals surface area (Å²) in [5.41, 5.74) is 6.85. The molecule has 0 spiro atoms. The first-order chi connectivity index (χ1) is 8.54. The fourth-order valence-corrected chi connectivity index (χ4v) is 2.88. The van der Waals surface area contributed by atoms with E-state index in [2.05, 4.69) is 6.92 Å². The summed E-state index contributed by atoms with van der Waals surface area (Å²) in [6.07, 6.45) is 5.28. The third-order valence-corrected chi connectivity index (χ3v) is 4.06. The van der Waals surface area contributed by atoms with Gasteiger partial charge in [0.2, 0.25) is 0 Å². The van der Waals surface area contributed by atoms with E-state index in [1.165, 1.54) is 25.0 Å². The van der Waals surface area contributed by atoms with Crippen molar-refractivity contribution in [1.29, 1.82) is 0 Å². The Balaban J connectivity index is 1.96. The molecule has 0 aromatic heterocycles. The van der Waals surface area contributed by atoms with Crippen LogP contribution in [0.5, 0.6) is 0 Å². The summed E-state index contributed by atoms with van der Waals surface area (Å²) < 4.78 is 26.2. The summed E-state index contributed by atoms with van der Waals surface area (Å²) in [6.45, 7) is 2.27. The lowest BCUT2D eigenvalue weighted by molar-refractivity contribution is 0.253. The number of hydrogen-bond donors (Lipinski definition) is 1. The molecule has 1 atom stereocenters. The normalized spacial score (nSPS) is 26.0. The van der Waals surface area contributed by atoms with Crippen LogP contribution in [0.2, 0.25) is 0 Å². The summed E-state index contributed by atoms with van der Waals surface area (Å²) in [7, 11) is 0. The molecular weight excluding hydrogens is 232 g/mol. The lowest BCUT2D eigenvalue weighted by Crippen LogP contribution is -2.34. The average molecular weight is 253 g/mol. The van der Waals surface area contributed by atoms with E-state index in [9.17, 15) is 8.78 Å². The molecule has 18 heavy (non-hydrogen) atoms. The number of hydrogen-bond acceptors (Lipinski definition) is 1. The van der Waals surface area contributed by atoms with Crippen LogP contribution in [0.25, 0.3) is 0 Å². The van der Waals surface area contributed by atoms with Gasteiger partial charge in [0.15, 0.2) is 0 Å². The molecule has 0 saturated heterocycles. The molecule has 0 amide bonds. The zero-order chi connectivity index (χ0) is 13.1. The van der Waals surface area contributed by atoms with E-state index in [0.717, 1.165) is 24.8 Å². The van der Waals surface area contributed by atoms with Gasteiger partial charge < -0.3 is 5.73 Å². The van der Waals surface area contributed by atoms with Crippen molar-refractivity contribution in [3.05, 3.63) is 35.4 Å². The van der Waals surface area contributed by atoms with E-state index in [1.807, 2.05) is 0 Å². The molecule has 1 aliphatic rings. The second-order valence-corrected chi connectivity index (χ2v) is 5.67. The van der Waals surface area contributed by atoms with Gasteiger partial charge in [0, 0.05) is 12.1 Å². The summed E-state index contributed by atoms with van der Waals surface area (Å²) in [5, 5.41) is 0. The standard InChI is InChI=1S/C15H21F2N/c1-10-2-4-12(5-3-10)15(18)8-11-6-13(16)9-14(17)7-11/h6-7,9-10,12,15H,2-5,8,18H2,1H3. The van der Waals surface area contributed by atoms with Crippen LogP contribution in [0.15, 0.2) is 18.2 Å². The number of halogens is 2. The third kappa shape index (κ3) is 3.52. The Hall–Kier alpha value is -0.960. The molecule has 3 heteroatoms. The van der Waals surface area contributed by atoms with E-state index in [4.69, 9.17) is 5.73 Å². The maximum Gasteiger partial charge on any atom is 0.126 e. The summed E-state index contributed by atoms with van der Waals surface area (Å²) in [5.74, 6) is 0.247. The average Bonchev–Trinajstić information content (AvgIpc) is 2.28. The van der Waals surface area contributed by atoms with Crippen molar-refractivity contribution in [2.24, 2.45) is 17.6 Å². The van der Waals surface area contributed by atoms with Crippen molar-refractivity contribution in [3.8, 4) is 0 Å². The van der Waals surface area contributed by atoms with Crippen LogP contribution >= 0.6 is 0 Å². The van der Waals surface area contributed by atoms with Gasteiger partial charge in [0.05, 0.1) is 0 Å². The molecule has 0 heterocycles. The molecule has 0 aliphatic heterocycles. The van der Waals surface area contributed by atoms with Crippen LogP contribution in [0.1, 0.15) is 38.2 Å². The summed E-state index contributed by atoms with van der Waals surface area (Å²) in [6, 6.07) is 3.68. The minimum absolute atomic E-state index is 0.0127. The first-order valence-electron chi connectivity index (χ1n) is 6.75. The first kappa shape index (κ1) is 13.5. The predicted octanol–water partition coefficient (Wildman–Crippen LogP) is 3.66. The van der Waals surface area contributed by atoms with Crippen LogP contribution in [0, 0.1) is 23.5 Å². The number of benzene rings is 1. The molecular formula is C15H21F2N. The van der Waals surface area contributed by atoms with Crippen molar-refractivity contribution in [1.82, 2.24) is 0 Å². The Morgan fingerprint density at radius 3 is 2.22 bits per heavy atom. The lowest BCUT2D eigenvalue weighted by atomic mass is 9.78. The van der Waals surface area contributed by atoms with Crippen molar-refractivity contribution in [3.63, 3.8) is 0 Å². The maximum atomic E-state index is 13.1. The molecule has 0 bridgehead atoms. The molecule has 1 saturated carbocycles. The molecule has 1 fully saturated rings. The highest BCUT2D eigenvalue weighted by Crippen LogP contribution is 2.30. The Kier molecular flexibility index (Phi) is 4.33. The Bertz CT molecular complexity index is 377. The lowest BCUT2D eigenvalue weighted by Gasteiger charge is -2.30. The second-order valence-electron chi connectivity index (χ2n) is 5.67. The van der Waals surface area contributed by atoms with Crippen molar-refractivity contribution in [2.45, 2.75) is 45.1 Å². The number of rotatable bonds is 3. The predicted molar refractivity (Wildman–Crippen MR) is 69.2 cm³/mol. The Labute approximate surface area is 107 Å². The van der Waals surface area contributed by atoms with Crippen LogP contribution in [0.4, 0.5) is 8.78 Å². The topological polar surface area (TPSA) is 26.0 Å². The summed E-state index contributed by atoms with van der Waals surface area (Å²) in [4.78, 5) is 0. The van der Waals surface area contributed by atoms with Gasteiger partial charge in [-0.1, -0.05) is 19.8 Å². The highest BCUT2D eigenvalue weighted by atomic mass is 19.1. The molecule has 2 rings (SSSR count). The molecule has 1 unspecified atom stereocenters. The highest BCUT2D eigenvalue weighted by Gasteiger charge is 2.23. The molecule has 1 aromatic carbocycles.